The summed E-state index contributed by atoms with van der Waals surface area (Å²) in [5, 5.41) is 3.47. The van der Waals surface area contributed by atoms with Crippen molar-refractivity contribution in [2.75, 3.05) is 18.5 Å². The lowest BCUT2D eigenvalue weighted by Crippen LogP contribution is -2.10. The van der Waals surface area contributed by atoms with Crippen molar-refractivity contribution < 1.29 is 14.3 Å². The van der Waals surface area contributed by atoms with E-state index in [-0.39, 0.29) is 5.91 Å². The molecule has 3 rings (SSSR count). The van der Waals surface area contributed by atoms with Crippen molar-refractivity contribution >= 4 is 29.3 Å². The number of hydrogen-bond donors (Lipinski definition) is 1. The Morgan fingerprint density at radius 3 is 3.00 bits per heavy atom. The van der Waals surface area contributed by atoms with Crippen LogP contribution in [-0.4, -0.2) is 19.1 Å². The van der Waals surface area contributed by atoms with Crippen LogP contribution >= 0.6 is 11.6 Å². The molecule has 0 saturated heterocycles. The molecule has 0 unspecified atom stereocenters. The van der Waals surface area contributed by atoms with E-state index in [2.05, 4.69) is 5.32 Å². The highest BCUT2D eigenvalue weighted by molar-refractivity contribution is 6.30. The third-order valence-electron chi connectivity index (χ3n) is 3.60. The molecular weight excluding hydrogens is 338 g/mol. The highest BCUT2D eigenvalue weighted by Gasteiger charge is 2.10. The minimum atomic E-state index is -0.232. The largest absolute Gasteiger partial charge is 0.492 e. The molecule has 1 aliphatic rings. The first-order valence-corrected chi connectivity index (χ1v) is 8.37. The Labute approximate surface area is 151 Å². The summed E-state index contributed by atoms with van der Waals surface area (Å²) >= 11 is 6.00. The summed E-state index contributed by atoms with van der Waals surface area (Å²) in [5.41, 5.74) is 2.44. The number of rotatable bonds is 5. The van der Waals surface area contributed by atoms with Crippen molar-refractivity contribution in [2.24, 2.45) is 0 Å². The molecule has 1 amide bonds. The van der Waals surface area contributed by atoms with Crippen LogP contribution < -0.4 is 14.8 Å². The standard InChI is InChI=1S/C20H18ClNO3/c1-2-24-19-6-4-3-5-17(19)22-20(23)10-7-14-11-15-12-16(21)8-9-18(15)25-13-14/h3-12H,2,13H2,1H3,(H,22,23). The molecule has 25 heavy (non-hydrogen) atoms. The molecule has 5 heteroatoms. The first-order valence-electron chi connectivity index (χ1n) is 7.99. The Morgan fingerprint density at radius 2 is 2.16 bits per heavy atom. The zero-order valence-corrected chi connectivity index (χ0v) is 14.5. The first kappa shape index (κ1) is 17.1. The van der Waals surface area contributed by atoms with Gasteiger partial charge >= 0.3 is 0 Å². The fourth-order valence-corrected chi connectivity index (χ4v) is 2.65. The van der Waals surface area contributed by atoms with Gasteiger partial charge in [-0.25, -0.2) is 0 Å². The van der Waals surface area contributed by atoms with Crippen molar-refractivity contribution in [1.82, 2.24) is 0 Å². The van der Waals surface area contributed by atoms with Crippen LogP contribution in [0.2, 0.25) is 5.02 Å². The van der Waals surface area contributed by atoms with Crippen LogP contribution in [0.15, 0.2) is 60.2 Å². The lowest BCUT2D eigenvalue weighted by molar-refractivity contribution is -0.111. The number of benzene rings is 2. The van der Waals surface area contributed by atoms with Crippen LogP contribution in [0.3, 0.4) is 0 Å². The Morgan fingerprint density at radius 1 is 1.32 bits per heavy atom. The summed E-state index contributed by atoms with van der Waals surface area (Å²) in [6, 6.07) is 12.8. The molecule has 0 radical (unpaired) electrons. The van der Waals surface area contributed by atoms with Gasteiger partial charge in [-0.1, -0.05) is 29.8 Å². The third-order valence-corrected chi connectivity index (χ3v) is 3.84. The summed E-state index contributed by atoms with van der Waals surface area (Å²) in [7, 11) is 0. The number of ether oxygens (including phenoxy) is 2. The van der Waals surface area contributed by atoms with Crippen LogP contribution in [0.5, 0.6) is 11.5 Å². The molecule has 1 heterocycles. The lowest BCUT2D eigenvalue weighted by Gasteiger charge is -2.16. The van der Waals surface area contributed by atoms with E-state index in [0.717, 1.165) is 16.9 Å². The van der Waals surface area contributed by atoms with Crippen molar-refractivity contribution in [3.05, 3.63) is 70.8 Å². The number of carbonyl (C=O) groups is 1. The van der Waals surface area contributed by atoms with Gasteiger partial charge in [0.25, 0.3) is 0 Å². The summed E-state index contributed by atoms with van der Waals surface area (Å²) in [6.45, 7) is 2.85. The molecule has 0 fully saturated rings. The van der Waals surface area contributed by atoms with E-state index < -0.39 is 0 Å². The predicted molar refractivity (Wildman–Crippen MR) is 100 cm³/mol. The summed E-state index contributed by atoms with van der Waals surface area (Å²) in [6.07, 6.45) is 5.18. The average molecular weight is 356 g/mol. The van der Waals surface area contributed by atoms with Gasteiger partial charge in [0.05, 0.1) is 12.3 Å². The van der Waals surface area contributed by atoms with E-state index in [0.29, 0.717) is 29.7 Å². The molecular formula is C20H18ClNO3. The smallest absolute Gasteiger partial charge is 0.248 e. The summed E-state index contributed by atoms with van der Waals surface area (Å²) < 4.78 is 11.2. The van der Waals surface area contributed by atoms with Crippen LogP contribution in [-0.2, 0) is 4.79 Å². The fraction of sp³-hybridized carbons (Fsp3) is 0.150. The Bertz CT molecular complexity index is 843. The van der Waals surface area contributed by atoms with Gasteiger partial charge in [0.2, 0.25) is 5.91 Å². The quantitative estimate of drug-likeness (QED) is 0.790. The maximum atomic E-state index is 12.2. The van der Waals surface area contributed by atoms with Crippen molar-refractivity contribution in [1.29, 1.82) is 0 Å². The molecule has 0 atom stereocenters. The maximum Gasteiger partial charge on any atom is 0.248 e. The van der Waals surface area contributed by atoms with E-state index >= 15 is 0 Å². The second kappa shape index (κ2) is 7.90. The number of amides is 1. The second-order valence-corrected chi connectivity index (χ2v) is 5.88. The number of fused-ring (bicyclic) bond motifs is 1. The lowest BCUT2D eigenvalue weighted by atomic mass is 10.1. The van der Waals surface area contributed by atoms with Gasteiger partial charge < -0.3 is 14.8 Å². The molecule has 2 aromatic rings. The minimum absolute atomic E-state index is 0.232. The zero-order chi connectivity index (χ0) is 17.6. The first-order chi connectivity index (χ1) is 12.2. The van der Waals surface area contributed by atoms with E-state index in [1.165, 1.54) is 6.08 Å². The maximum absolute atomic E-state index is 12.2. The highest BCUT2D eigenvalue weighted by Crippen LogP contribution is 2.29. The summed E-state index contributed by atoms with van der Waals surface area (Å²) in [4.78, 5) is 12.2. The van der Waals surface area contributed by atoms with E-state index in [4.69, 9.17) is 21.1 Å². The molecule has 0 aromatic heterocycles. The second-order valence-electron chi connectivity index (χ2n) is 5.44. The highest BCUT2D eigenvalue weighted by atomic mass is 35.5. The molecule has 128 valence electrons. The fourth-order valence-electron chi connectivity index (χ4n) is 2.47. The van der Waals surface area contributed by atoms with Gasteiger partial charge in [0.1, 0.15) is 18.1 Å². The molecule has 1 aliphatic heterocycles. The van der Waals surface area contributed by atoms with Crippen LogP contribution in [0.4, 0.5) is 5.69 Å². The Kier molecular flexibility index (Phi) is 5.41. The number of halogens is 1. The number of carbonyl (C=O) groups excluding carboxylic acids is 1. The van der Waals surface area contributed by atoms with Crippen LogP contribution in [0.25, 0.3) is 6.08 Å². The molecule has 0 saturated carbocycles. The normalized spacial score (nSPS) is 13.0. The third kappa shape index (κ3) is 4.43. The van der Waals surface area contributed by atoms with Gasteiger partial charge in [-0.05, 0) is 48.9 Å². The Balaban J connectivity index is 1.69. The number of hydrogen-bond acceptors (Lipinski definition) is 3. The Hall–Kier alpha value is -2.72. The number of anilines is 1. The SMILES string of the molecule is CCOc1ccccc1NC(=O)C=CC1=Cc2cc(Cl)ccc2OC1. The van der Waals surface area contributed by atoms with Gasteiger partial charge in [0.15, 0.2) is 0 Å². The van der Waals surface area contributed by atoms with Gasteiger partial charge in [-0.3, -0.25) is 4.79 Å². The van der Waals surface area contributed by atoms with Crippen molar-refractivity contribution in [3.8, 4) is 11.5 Å². The van der Waals surface area contributed by atoms with Gasteiger partial charge in [0, 0.05) is 16.7 Å². The monoisotopic (exact) mass is 355 g/mol. The average Bonchev–Trinajstić information content (AvgIpc) is 2.61. The van der Waals surface area contributed by atoms with E-state index in [9.17, 15) is 4.79 Å². The van der Waals surface area contributed by atoms with E-state index in [1.807, 2.05) is 43.3 Å². The molecule has 0 spiro atoms. The number of para-hydroxylation sites is 2. The topological polar surface area (TPSA) is 47.6 Å². The van der Waals surface area contributed by atoms with Crippen molar-refractivity contribution in [2.45, 2.75) is 6.92 Å². The molecule has 2 aromatic carbocycles. The van der Waals surface area contributed by atoms with Gasteiger partial charge in [-0.2, -0.15) is 0 Å². The summed E-state index contributed by atoms with van der Waals surface area (Å²) in [5.74, 6) is 1.21. The number of nitrogens with one attached hydrogen (secondary N) is 1. The zero-order valence-electron chi connectivity index (χ0n) is 13.8. The molecule has 4 nitrogen and oxygen atoms in total. The van der Waals surface area contributed by atoms with Crippen LogP contribution in [0.1, 0.15) is 12.5 Å². The minimum Gasteiger partial charge on any atom is -0.492 e. The molecule has 1 N–H and O–H groups in total. The van der Waals surface area contributed by atoms with Gasteiger partial charge in [-0.15, -0.1) is 0 Å². The van der Waals surface area contributed by atoms with E-state index in [1.54, 1.807) is 18.2 Å². The molecule has 0 bridgehead atoms. The predicted octanol–water partition coefficient (Wildman–Crippen LogP) is 4.71. The van der Waals surface area contributed by atoms with Crippen molar-refractivity contribution in [3.63, 3.8) is 0 Å². The molecule has 0 aliphatic carbocycles. The van der Waals surface area contributed by atoms with Crippen LogP contribution in [0, 0.1) is 0 Å².